The molecule has 0 aromatic carbocycles. The number of rotatable bonds is 5. The van der Waals surface area contributed by atoms with Gasteiger partial charge in [-0.05, 0) is 46.5 Å². The molecule has 0 spiro atoms. The van der Waals surface area contributed by atoms with E-state index >= 15 is 0 Å². The Morgan fingerprint density at radius 1 is 1.20 bits per heavy atom. The van der Waals surface area contributed by atoms with Gasteiger partial charge in [0.15, 0.2) is 0 Å². The second-order valence-corrected chi connectivity index (χ2v) is 7.62. The molecule has 118 valence electrons. The van der Waals surface area contributed by atoms with Crippen molar-refractivity contribution in [3.63, 3.8) is 0 Å². The van der Waals surface area contributed by atoms with E-state index in [9.17, 15) is 0 Å². The molecule has 1 heterocycles. The van der Waals surface area contributed by atoms with E-state index < -0.39 is 0 Å². The van der Waals surface area contributed by atoms with Crippen molar-refractivity contribution in [1.82, 2.24) is 10.2 Å². The monoisotopic (exact) mass is 282 g/mol. The zero-order valence-corrected chi connectivity index (χ0v) is 14.0. The summed E-state index contributed by atoms with van der Waals surface area (Å²) in [6, 6.07) is 0.721. The van der Waals surface area contributed by atoms with Gasteiger partial charge in [0.1, 0.15) is 0 Å². The summed E-state index contributed by atoms with van der Waals surface area (Å²) in [6.07, 6.45) is 7.50. The van der Waals surface area contributed by atoms with Crippen molar-refractivity contribution in [1.29, 1.82) is 0 Å². The van der Waals surface area contributed by atoms with Crippen LogP contribution in [0.3, 0.4) is 0 Å². The van der Waals surface area contributed by atoms with Crippen LogP contribution in [-0.2, 0) is 4.74 Å². The highest BCUT2D eigenvalue weighted by Crippen LogP contribution is 2.31. The molecule has 1 unspecified atom stereocenters. The second-order valence-electron chi connectivity index (χ2n) is 7.62. The third-order valence-corrected chi connectivity index (χ3v) is 4.88. The van der Waals surface area contributed by atoms with E-state index in [-0.39, 0.29) is 5.54 Å². The van der Waals surface area contributed by atoms with E-state index in [0.717, 1.165) is 38.2 Å². The molecule has 1 saturated carbocycles. The Bertz CT molecular complexity index is 285. The van der Waals surface area contributed by atoms with Crippen LogP contribution in [0.2, 0.25) is 0 Å². The van der Waals surface area contributed by atoms with Crippen LogP contribution in [0.5, 0.6) is 0 Å². The van der Waals surface area contributed by atoms with E-state index in [1.165, 1.54) is 32.1 Å². The van der Waals surface area contributed by atoms with E-state index in [1.807, 2.05) is 0 Å². The SMILES string of the molecule is CC(C)OCCN1CC(C)(C)NCC1C1CCCCC1. The Morgan fingerprint density at radius 2 is 1.90 bits per heavy atom. The lowest BCUT2D eigenvalue weighted by atomic mass is 9.81. The van der Waals surface area contributed by atoms with Crippen LogP contribution >= 0.6 is 0 Å². The van der Waals surface area contributed by atoms with Crippen molar-refractivity contribution < 1.29 is 4.74 Å². The molecule has 1 aliphatic carbocycles. The predicted octanol–water partition coefficient (Wildman–Crippen LogP) is 3.04. The third kappa shape index (κ3) is 4.71. The van der Waals surface area contributed by atoms with E-state index in [0.29, 0.717) is 6.10 Å². The first kappa shape index (κ1) is 16.3. The van der Waals surface area contributed by atoms with Gasteiger partial charge in [-0.1, -0.05) is 19.3 Å². The third-order valence-electron chi connectivity index (χ3n) is 4.88. The lowest BCUT2D eigenvalue weighted by Crippen LogP contribution is -2.64. The van der Waals surface area contributed by atoms with E-state index in [2.05, 4.69) is 37.9 Å². The summed E-state index contributed by atoms with van der Waals surface area (Å²) in [5, 5.41) is 3.75. The summed E-state index contributed by atoms with van der Waals surface area (Å²) in [5.41, 5.74) is 0.239. The van der Waals surface area contributed by atoms with Gasteiger partial charge in [-0.25, -0.2) is 0 Å². The fraction of sp³-hybridized carbons (Fsp3) is 1.00. The van der Waals surface area contributed by atoms with Crippen LogP contribution in [-0.4, -0.2) is 48.8 Å². The summed E-state index contributed by atoms with van der Waals surface area (Å²) < 4.78 is 5.79. The van der Waals surface area contributed by atoms with Gasteiger partial charge in [0, 0.05) is 31.2 Å². The van der Waals surface area contributed by atoms with Crippen LogP contribution in [0.15, 0.2) is 0 Å². The number of hydrogen-bond donors (Lipinski definition) is 1. The fourth-order valence-corrected chi connectivity index (χ4v) is 3.83. The van der Waals surface area contributed by atoms with E-state index in [4.69, 9.17) is 4.74 Å². The molecule has 0 aromatic rings. The molecule has 1 N–H and O–H groups in total. The Morgan fingerprint density at radius 3 is 2.55 bits per heavy atom. The molecule has 3 nitrogen and oxygen atoms in total. The van der Waals surface area contributed by atoms with Crippen molar-refractivity contribution >= 4 is 0 Å². The largest absolute Gasteiger partial charge is 0.377 e. The normalized spacial score (nSPS) is 28.9. The van der Waals surface area contributed by atoms with Crippen LogP contribution in [0.1, 0.15) is 59.8 Å². The van der Waals surface area contributed by atoms with Gasteiger partial charge in [-0.15, -0.1) is 0 Å². The number of hydrogen-bond acceptors (Lipinski definition) is 3. The standard InChI is InChI=1S/C17H34N2O/c1-14(2)20-11-10-19-13-17(3,4)18-12-16(19)15-8-6-5-7-9-15/h14-16,18H,5-13H2,1-4H3. The van der Waals surface area contributed by atoms with Gasteiger partial charge in [-0.3, -0.25) is 4.90 Å². The second kappa shape index (κ2) is 7.24. The molecule has 20 heavy (non-hydrogen) atoms. The molecule has 1 aliphatic heterocycles. The van der Waals surface area contributed by atoms with Gasteiger partial charge < -0.3 is 10.1 Å². The number of ether oxygens (including phenoxy) is 1. The minimum Gasteiger partial charge on any atom is -0.377 e. The van der Waals surface area contributed by atoms with Gasteiger partial charge in [0.25, 0.3) is 0 Å². The lowest BCUT2D eigenvalue weighted by Gasteiger charge is -2.48. The maximum Gasteiger partial charge on any atom is 0.0597 e. The summed E-state index contributed by atoms with van der Waals surface area (Å²) in [5.74, 6) is 0.895. The van der Waals surface area contributed by atoms with Crippen LogP contribution in [0, 0.1) is 5.92 Å². The minimum absolute atomic E-state index is 0.239. The fourth-order valence-electron chi connectivity index (χ4n) is 3.83. The van der Waals surface area contributed by atoms with Gasteiger partial charge >= 0.3 is 0 Å². The van der Waals surface area contributed by atoms with Gasteiger partial charge in [0.2, 0.25) is 0 Å². The van der Waals surface area contributed by atoms with Crippen LogP contribution < -0.4 is 5.32 Å². The molecule has 2 aliphatic rings. The summed E-state index contributed by atoms with van der Waals surface area (Å²) in [7, 11) is 0. The van der Waals surface area contributed by atoms with Crippen LogP contribution in [0.25, 0.3) is 0 Å². The van der Waals surface area contributed by atoms with Crippen LogP contribution in [0.4, 0.5) is 0 Å². The lowest BCUT2D eigenvalue weighted by molar-refractivity contribution is 0.00607. The average molecular weight is 282 g/mol. The first-order valence-corrected chi connectivity index (χ1v) is 8.58. The molecule has 2 rings (SSSR count). The van der Waals surface area contributed by atoms with Crippen molar-refractivity contribution in [3.8, 4) is 0 Å². The molecule has 0 amide bonds. The molecule has 3 heteroatoms. The topological polar surface area (TPSA) is 24.5 Å². The minimum atomic E-state index is 0.239. The molecule has 0 aromatic heterocycles. The highest BCUT2D eigenvalue weighted by Gasteiger charge is 2.36. The molecular formula is C17H34N2O. The first-order valence-electron chi connectivity index (χ1n) is 8.58. The molecular weight excluding hydrogens is 248 g/mol. The van der Waals surface area contributed by atoms with Crippen molar-refractivity contribution in [2.24, 2.45) is 5.92 Å². The Kier molecular flexibility index (Phi) is 5.88. The zero-order valence-electron chi connectivity index (χ0n) is 14.0. The van der Waals surface area contributed by atoms with Crippen molar-refractivity contribution in [3.05, 3.63) is 0 Å². The number of nitrogens with zero attached hydrogens (tertiary/aromatic N) is 1. The molecule has 0 radical (unpaired) electrons. The van der Waals surface area contributed by atoms with Gasteiger partial charge in [-0.2, -0.15) is 0 Å². The van der Waals surface area contributed by atoms with Crippen molar-refractivity contribution in [2.45, 2.75) is 77.5 Å². The first-order chi connectivity index (χ1) is 9.48. The molecule has 0 bridgehead atoms. The Balaban J connectivity index is 1.92. The van der Waals surface area contributed by atoms with Crippen molar-refractivity contribution in [2.75, 3.05) is 26.2 Å². The molecule has 1 saturated heterocycles. The Hall–Kier alpha value is -0.120. The predicted molar refractivity (Wildman–Crippen MR) is 85.1 cm³/mol. The zero-order chi connectivity index (χ0) is 14.6. The number of nitrogens with one attached hydrogen (secondary N) is 1. The highest BCUT2D eigenvalue weighted by molar-refractivity contribution is 4.95. The maximum atomic E-state index is 5.79. The summed E-state index contributed by atoms with van der Waals surface area (Å²) in [4.78, 5) is 2.70. The smallest absolute Gasteiger partial charge is 0.0597 e. The number of piperazine rings is 1. The molecule has 2 fully saturated rings. The summed E-state index contributed by atoms with van der Waals surface area (Å²) in [6.45, 7) is 13.2. The van der Waals surface area contributed by atoms with E-state index in [1.54, 1.807) is 0 Å². The quantitative estimate of drug-likeness (QED) is 0.839. The molecule has 1 atom stereocenters. The highest BCUT2D eigenvalue weighted by atomic mass is 16.5. The summed E-state index contributed by atoms with van der Waals surface area (Å²) >= 11 is 0. The Labute approximate surface area is 125 Å². The average Bonchev–Trinajstić information content (AvgIpc) is 2.38. The van der Waals surface area contributed by atoms with Gasteiger partial charge in [0.05, 0.1) is 12.7 Å². The maximum absolute atomic E-state index is 5.79.